The van der Waals surface area contributed by atoms with Gasteiger partial charge >= 0.3 is 0 Å². The van der Waals surface area contributed by atoms with Gasteiger partial charge in [-0.25, -0.2) is 0 Å². The molecular formula is C17H28ClNO. The molecule has 114 valence electrons. The molecule has 0 unspecified atom stereocenters. The molecule has 1 aliphatic rings. The van der Waals surface area contributed by atoms with Crippen LogP contribution in [-0.4, -0.2) is 31.1 Å². The highest BCUT2D eigenvalue weighted by Crippen LogP contribution is 2.21. The van der Waals surface area contributed by atoms with Crippen molar-refractivity contribution in [2.45, 2.75) is 39.2 Å². The number of ether oxygens (including phenoxy) is 1. The molecule has 0 aliphatic carbocycles. The van der Waals surface area contributed by atoms with Crippen LogP contribution in [0.4, 0.5) is 0 Å². The van der Waals surface area contributed by atoms with Crippen molar-refractivity contribution in [3.63, 3.8) is 0 Å². The second-order valence-corrected chi connectivity index (χ2v) is 5.96. The number of rotatable bonds is 7. The molecule has 1 aromatic rings. The van der Waals surface area contributed by atoms with Crippen molar-refractivity contribution in [3.05, 3.63) is 35.9 Å². The fourth-order valence-corrected chi connectivity index (χ4v) is 2.57. The predicted octanol–water partition coefficient (Wildman–Crippen LogP) is 4.31. The van der Waals surface area contributed by atoms with E-state index < -0.39 is 0 Å². The average molecular weight is 298 g/mol. The molecule has 1 heterocycles. The van der Waals surface area contributed by atoms with Gasteiger partial charge in [0.15, 0.2) is 0 Å². The van der Waals surface area contributed by atoms with Crippen molar-refractivity contribution in [1.82, 2.24) is 4.90 Å². The molecule has 0 bridgehead atoms. The Morgan fingerprint density at radius 1 is 1.10 bits per heavy atom. The van der Waals surface area contributed by atoms with E-state index in [4.69, 9.17) is 4.74 Å². The van der Waals surface area contributed by atoms with E-state index in [0.29, 0.717) is 5.92 Å². The third-order valence-electron chi connectivity index (χ3n) is 3.81. The Balaban J connectivity index is 0.00000200. The highest BCUT2D eigenvalue weighted by molar-refractivity contribution is 5.85. The van der Waals surface area contributed by atoms with Gasteiger partial charge in [0.2, 0.25) is 0 Å². The molecule has 1 fully saturated rings. The first kappa shape index (κ1) is 17.5. The molecule has 20 heavy (non-hydrogen) atoms. The summed E-state index contributed by atoms with van der Waals surface area (Å²) >= 11 is 0. The topological polar surface area (TPSA) is 12.5 Å². The maximum atomic E-state index is 6.16. The zero-order valence-corrected chi connectivity index (χ0v) is 13.6. The molecule has 0 saturated carbocycles. The summed E-state index contributed by atoms with van der Waals surface area (Å²) in [4.78, 5) is 2.53. The Morgan fingerprint density at radius 3 is 2.35 bits per heavy atom. The number of hydrogen-bond donors (Lipinski definition) is 0. The van der Waals surface area contributed by atoms with Crippen LogP contribution >= 0.6 is 12.4 Å². The van der Waals surface area contributed by atoms with Crippen LogP contribution in [0.1, 0.15) is 44.8 Å². The van der Waals surface area contributed by atoms with Crippen molar-refractivity contribution in [3.8, 4) is 0 Å². The van der Waals surface area contributed by atoms with Crippen molar-refractivity contribution in [1.29, 1.82) is 0 Å². The largest absolute Gasteiger partial charge is 0.372 e. The first-order valence-electron chi connectivity index (χ1n) is 7.64. The summed E-state index contributed by atoms with van der Waals surface area (Å²) in [6, 6.07) is 10.7. The molecule has 2 nitrogen and oxygen atoms in total. The lowest BCUT2D eigenvalue weighted by atomic mass is 10.1. The fraction of sp³-hybridized carbons (Fsp3) is 0.647. The van der Waals surface area contributed by atoms with Crippen molar-refractivity contribution in [2.75, 3.05) is 26.2 Å². The molecule has 1 aromatic carbocycles. The number of likely N-dealkylation sites (tertiary alicyclic amines) is 1. The van der Waals surface area contributed by atoms with Gasteiger partial charge in [0.05, 0.1) is 6.10 Å². The molecule has 1 atom stereocenters. The number of hydrogen-bond acceptors (Lipinski definition) is 2. The second kappa shape index (κ2) is 9.38. The lowest BCUT2D eigenvalue weighted by molar-refractivity contribution is 0.0242. The Morgan fingerprint density at radius 2 is 1.75 bits per heavy atom. The van der Waals surface area contributed by atoms with Crippen molar-refractivity contribution >= 4 is 12.4 Å². The summed E-state index contributed by atoms with van der Waals surface area (Å²) in [5, 5.41) is 0. The van der Waals surface area contributed by atoms with Crippen LogP contribution in [0.5, 0.6) is 0 Å². The smallest absolute Gasteiger partial charge is 0.0951 e. The normalized spacial score (nSPS) is 17.1. The van der Waals surface area contributed by atoms with Crippen LogP contribution in [0.15, 0.2) is 30.3 Å². The van der Waals surface area contributed by atoms with Gasteiger partial charge in [-0.05, 0) is 43.8 Å². The Labute approximate surface area is 129 Å². The second-order valence-electron chi connectivity index (χ2n) is 5.96. The van der Waals surface area contributed by atoms with Gasteiger partial charge in [0, 0.05) is 13.2 Å². The van der Waals surface area contributed by atoms with Crippen molar-refractivity contribution < 1.29 is 4.74 Å². The lowest BCUT2D eigenvalue weighted by Crippen LogP contribution is -2.27. The molecule has 0 N–H and O–H groups in total. The monoisotopic (exact) mass is 297 g/mol. The van der Waals surface area contributed by atoms with Gasteiger partial charge in [0.1, 0.15) is 0 Å². The molecule has 0 spiro atoms. The van der Waals surface area contributed by atoms with Gasteiger partial charge in [-0.3, -0.25) is 0 Å². The summed E-state index contributed by atoms with van der Waals surface area (Å²) in [5.74, 6) is 0.711. The molecule has 1 aliphatic heterocycles. The van der Waals surface area contributed by atoms with E-state index >= 15 is 0 Å². The Kier molecular flexibility index (Phi) is 8.20. The van der Waals surface area contributed by atoms with Crippen LogP contribution in [0.2, 0.25) is 0 Å². The van der Waals surface area contributed by atoms with E-state index in [2.05, 4.69) is 49.1 Å². The molecule has 3 heteroatoms. The van der Waals surface area contributed by atoms with Crippen LogP contribution in [0, 0.1) is 5.92 Å². The number of halogens is 1. The van der Waals surface area contributed by atoms with Gasteiger partial charge in [-0.2, -0.15) is 0 Å². The van der Waals surface area contributed by atoms with Gasteiger partial charge in [-0.1, -0.05) is 44.2 Å². The minimum atomic E-state index is 0. The highest BCUT2D eigenvalue weighted by atomic mass is 35.5. The van der Waals surface area contributed by atoms with Crippen LogP contribution in [0.3, 0.4) is 0 Å². The molecular weight excluding hydrogens is 270 g/mol. The average Bonchev–Trinajstić information content (AvgIpc) is 2.91. The van der Waals surface area contributed by atoms with E-state index in [1.165, 1.54) is 31.5 Å². The van der Waals surface area contributed by atoms with Crippen LogP contribution in [-0.2, 0) is 4.74 Å². The molecule has 2 rings (SSSR count). The lowest BCUT2D eigenvalue weighted by Gasteiger charge is -2.24. The summed E-state index contributed by atoms with van der Waals surface area (Å²) in [5.41, 5.74) is 1.32. The van der Waals surface area contributed by atoms with E-state index in [0.717, 1.165) is 19.6 Å². The third kappa shape index (κ3) is 5.82. The Bertz CT molecular complexity index is 349. The first-order chi connectivity index (χ1) is 9.25. The fourth-order valence-electron chi connectivity index (χ4n) is 2.57. The number of nitrogens with zero attached hydrogens (tertiary/aromatic N) is 1. The van der Waals surface area contributed by atoms with E-state index in [-0.39, 0.29) is 18.5 Å². The third-order valence-corrected chi connectivity index (χ3v) is 3.81. The number of benzene rings is 1. The van der Waals surface area contributed by atoms with Gasteiger partial charge in [0.25, 0.3) is 0 Å². The quantitative estimate of drug-likeness (QED) is 0.743. The Hall–Kier alpha value is -0.570. The minimum Gasteiger partial charge on any atom is -0.372 e. The van der Waals surface area contributed by atoms with E-state index in [9.17, 15) is 0 Å². The zero-order chi connectivity index (χ0) is 13.5. The molecule has 0 aromatic heterocycles. The predicted molar refractivity (Wildman–Crippen MR) is 87.5 cm³/mol. The molecule has 0 radical (unpaired) electrons. The maximum Gasteiger partial charge on any atom is 0.0951 e. The van der Waals surface area contributed by atoms with Gasteiger partial charge in [-0.15, -0.1) is 12.4 Å². The summed E-state index contributed by atoms with van der Waals surface area (Å²) in [6.45, 7) is 8.88. The minimum absolute atomic E-state index is 0. The van der Waals surface area contributed by atoms with Crippen LogP contribution < -0.4 is 0 Å². The SMILES string of the molecule is CC(C)CCO[C@@H](CN1CCCC1)c1ccccc1.Cl. The summed E-state index contributed by atoms with van der Waals surface area (Å²) < 4.78 is 6.16. The van der Waals surface area contributed by atoms with E-state index in [1.54, 1.807) is 0 Å². The van der Waals surface area contributed by atoms with Crippen molar-refractivity contribution in [2.24, 2.45) is 5.92 Å². The highest BCUT2D eigenvalue weighted by Gasteiger charge is 2.19. The van der Waals surface area contributed by atoms with Gasteiger partial charge < -0.3 is 9.64 Å². The standard InChI is InChI=1S/C17H27NO.ClH/c1-15(2)10-13-19-17(14-18-11-6-7-12-18)16-8-4-3-5-9-16;/h3-5,8-9,15,17H,6-7,10-14H2,1-2H3;1H/t17-;/m0./s1. The first-order valence-corrected chi connectivity index (χ1v) is 7.64. The van der Waals surface area contributed by atoms with Crippen LogP contribution in [0.25, 0.3) is 0 Å². The van der Waals surface area contributed by atoms with E-state index in [1.807, 2.05) is 0 Å². The maximum absolute atomic E-state index is 6.16. The molecule has 0 amide bonds. The summed E-state index contributed by atoms with van der Waals surface area (Å²) in [6.07, 6.45) is 4.06. The zero-order valence-electron chi connectivity index (χ0n) is 12.8. The summed E-state index contributed by atoms with van der Waals surface area (Å²) in [7, 11) is 0. The molecule has 1 saturated heterocycles.